The Labute approximate surface area is 205 Å². The Kier molecular flexibility index (Phi) is 6.90. The average molecular weight is 503 g/mol. The minimum absolute atomic E-state index is 0.0566. The Morgan fingerprint density at radius 3 is 2.68 bits per heavy atom. The molecule has 34 heavy (non-hydrogen) atoms. The summed E-state index contributed by atoms with van der Waals surface area (Å²) in [5.74, 6) is -0.507. The van der Waals surface area contributed by atoms with Crippen molar-refractivity contribution in [2.45, 2.75) is 33.9 Å². The SMILES string of the molecule is Cc1nn(Cc2ccc(Cl)cc2Cl)c(C)c1NC(=O)c1noc(C)c1COc1ccccc1F. The molecule has 0 bridgehead atoms. The van der Waals surface area contributed by atoms with Gasteiger partial charge in [-0.25, -0.2) is 4.39 Å². The third-order valence-electron chi connectivity index (χ3n) is 5.36. The molecular weight excluding hydrogens is 482 g/mol. The molecular formula is C24H21Cl2FN4O3. The summed E-state index contributed by atoms with van der Waals surface area (Å²) in [6, 6.07) is 11.3. The Morgan fingerprint density at radius 1 is 1.18 bits per heavy atom. The maximum absolute atomic E-state index is 13.9. The zero-order chi connectivity index (χ0) is 24.4. The third kappa shape index (κ3) is 4.93. The highest BCUT2D eigenvalue weighted by Gasteiger charge is 2.23. The maximum Gasteiger partial charge on any atom is 0.278 e. The zero-order valence-electron chi connectivity index (χ0n) is 18.7. The molecule has 0 spiro atoms. The van der Waals surface area contributed by atoms with Gasteiger partial charge in [0.2, 0.25) is 0 Å². The molecule has 1 amide bonds. The highest BCUT2D eigenvalue weighted by atomic mass is 35.5. The predicted octanol–water partition coefficient (Wildman–Crippen LogP) is 6.12. The number of rotatable bonds is 7. The molecule has 10 heteroatoms. The van der Waals surface area contributed by atoms with Crippen molar-refractivity contribution in [2.75, 3.05) is 5.32 Å². The third-order valence-corrected chi connectivity index (χ3v) is 5.95. The van der Waals surface area contributed by atoms with Crippen molar-refractivity contribution in [1.29, 1.82) is 0 Å². The van der Waals surface area contributed by atoms with Crippen LogP contribution in [0.3, 0.4) is 0 Å². The van der Waals surface area contributed by atoms with Crippen LogP contribution in [-0.4, -0.2) is 20.8 Å². The number of aryl methyl sites for hydroxylation is 2. The fraction of sp³-hybridized carbons (Fsp3) is 0.208. The van der Waals surface area contributed by atoms with Gasteiger partial charge in [0, 0.05) is 10.0 Å². The predicted molar refractivity (Wildman–Crippen MR) is 127 cm³/mol. The van der Waals surface area contributed by atoms with Crippen molar-refractivity contribution in [2.24, 2.45) is 0 Å². The molecule has 0 fully saturated rings. The topological polar surface area (TPSA) is 82.2 Å². The number of benzene rings is 2. The second-order valence-corrected chi connectivity index (χ2v) is 8.52. The van der Waals surface area contributed by atoms with Crippen LogP contribution in [0.4, 0.5) is 10.1 Å². The van der Waals surface area contributed by atoms with E-state index in [1.807, 2.05) is 13.0 Å². The summed E-state index contributed by atoms with van der Waals surface area (Å²) in [5.41, 5.74) is 3.24. The average Bonchev–Trinajstić information content (AvgIpc) is 3.29. The number of carbonyl (C=O) groups excluding carboxylic acids is 1. The van der Waals surface area contributed by atoms with Gasteiger partial charge in [-0.1, -0.05) is 46.6 Å². The minimum atomic E-state index is -0.498. The van der Waals surface area contributed by atoms with Crippen molar-refractivity contribution in [1.82, 2.24) is 14.9 Å². The fourth-order valence-electron chi connectivity index (χ4n) is 3.47. The highest BCUT2D eigenvalue weighted by Crippen LogP contribution is 2.26. The monoisotopic (exact) mass is 502 g/mol. The first-order chi connectivity index (χ1) is 16.2. The first-order valence-electron chi connectivity index (χ1n) is 10.4. The summed E-state index contributed by atoms with van der Waals surface area (Å²) in [6.45, 7) is 5.62. The molecule has 0 radical (unpaired) electrons. The van der Waals surface area contributed by atoms with Gasteiger partial charge in [-0.15, -0.1) is 0 Å². The molecule has 0 unspecified atom stereocenters. The Bertz CT molecular complexity index is 1370. The second kappa shape index (κ2) is 9.87. The molecule has 7 nitrogen and oxygen atoms in total. The largest absolute Gasteiger partial charge is 0.486 e. The maximum atomic E-state index is 13.9. The number of amides is 1. The van der Waals surface area contributed by atoms with Crippen LogP contribution in [0.2, 0.25) is 10.0 Å². The molecule has 0 aliphatic heterocycles. The van der Waals surface area contributed by atoms with Gasteiger partial charge < -0.3 is 14.6 Å². The lowest BCUT2D eigenvalue weighted by molar-refractivity contribution is 0.101. The van der Waals surface area contributed by atoms with Gasteiger partial charge in [-0.05, 0) is 50.6 Å². The van der Waals surface area contributed by atoms with Crippen molar-refractivity contribution < 1.29 is 18.4 Å². The van der Waals surface area contributed by atoms with Crippen LogP contribution < -0.4 is 10.1 Å². The molecule has 2 aromatic heterocycles. The van der Waals surface area contributed by atoms with Crippen LogP contribution in [0, 0.1) is 26.6 Å². The van der Waals surface area contributed by atoms with Crippen molar-refractivity contribution in [3.8, 4) is 5.75 Å². The van der Waals surface area contributed by atoms with E-state index in [0.29, 0.717) is 39.3 Å². The first kappa shape index (κ1) is 23.8. The molecule has 4 rings (SSSR count). The number of aromatic nitrogens is 3. The van der Waals surface area contributed by atoms with Crippen LogP contribution in [0.5, 0.6) is 5.75 Å². The van der Waals surface area contributed by atoms with Crippen molar-refractivity contribution in [3.05, 3.63) is 92.3 Å². The lowest BCUT2D eigenvalue weighted by atomic mass is 10.2. The van der Waals surface area contributed by atoms with E-state index in [4.69, 9.17) is 32.5 Å². The molecule has 4 aromatic rings. The number of carbonyl (C=O) groups is 1. The summed E-state index contributed by atoms with van der Waals surface area (Å²) in [6.07, 6.45) is 0. The van der Waals surface area contributed by atoms with E-state index in [1.165, 1.54) is 12.1 Å². The summed E-state index contributed by atoms with van der Waals surface area (Å²) in [7, 11) is 0. The number of nitrogens with one attached hydrogen (secondary N) is 1. The smallest absolute Gasteiger partial charge is 0.278 e. The molecule has 2 heterocycles. The van der Waals surface area contributed by atoms with Crippen molar-refractivity contribution in [3.63, 3.8) is 0 Å². The van der Waals surface area contributed by atoms with Gasteiger partial charge in [-0.2, -0.15) is 5.10 Å². The zero-order valence-corrected chi connectivity index (χ0v) is 20.2. The van der Waals surface area contributed by atoms with E-state index in [1.54, 1.807) is 42.8 Å². The van der Waals surface area contributed by atoms with E-state index in [9.17, 15) is 9.18 Å². The number of nitrogens with zero attached hydrogens (tertiary/aromatic N) is 3. The van der Waals surface area contributed by atoms with Gasteiger partial charge in [0.15, 0.2) is 17.3 Å². The number of hydrogen-bond donors (Lipinski definition) is 1. The molecule has 0 aliphatic rings. The quantitative estimate of drug-likeness (QED) is 0.329. The van der Waals surface area contributed by atoms with E-state index in [0.717, 1.165) is 11.3 Å². The first-order valence-corrected chi connectivity index (χ1v) is 11.1. The molecule has 176 valence electrons. The highest BCUT2D eigenvalue weighted by molar-refractivity contribution is 6.35. The van der Waals surface area contributed by atoms with E-state index in [-0.39, 0.29) is 18.1 Å². The summed E-state index contributed by atoms with van der Waals surface area (Å²) < 4.78 is 26.4. The number of hydrogen-bond acceptors (Lipinski definition) is 5. The van der Waals surface area contributed by atoms with Crippen LogP contribution >= 0.6 is 23.2 Å². The lowest BCUT2D eigenvalue weighted by Gasteiger charge is -2.09. The fourth-order valence-corrected chi connectivity index (χ4v) is 3.94. The minimum Gasteiger partial charge on any atom is -0.486 e. The Morgan fingerprint density at radius 2 is 1.94 bits per heavy atom. The van der Waals surface area contributed by atoms with E-state index >= 15 is 0 Å². The van der Waals surface area contributed by atoms with Gasteiger partial charge in [0.1, 0.15) is 12.4 Å². The van der Waals surface area contributed by atoms with Crippen LogP contribution in [0.25, 0.3) is 0 Å². The number of anilines is 1. The standard InChI is InChI=1S/C24H21Cl2FN4O3/c1-13-22(14(2)31(29-13)11-16-8-9-17(25)10-19(16)26)28-24(32)23-18(15(3)34-30-23)12-33-21-7-5-4-6-20(21)27/h4-10H,11-12H2,1-3H3,(H,28,32). The van der Waals surface area contributed by atoms with Gasteiger partial charge in [0.05, 0.1) is 29.2 Å². The van der Waals surface area contributed by atoms with Crippen LogP contribution in [0.1, 0.15) is 38.8 Å². The molecule has 0 atom stereocenters. The van der Waals surface area contributed by atoms with Crippen molar-refractivity contribution >= 4 is 34.8 Å². The van der Waals surface area contributed by atoms with Crippen LogP contribution in [0.15, 0.2) is 47.0 Å². The molecule has 0 aliphatic carbocycles. The number of halogens is 3. The molecule has 0 saturated carbocycles. The number of ether oxygens (including phenoxy) is 1. The molecule has 2 aromatic carbocycles. The van der Waals surface area contributed by atoms with Gasteiger partial charge in [0.25, 0.3) is 5.91 Å². The second-order valence-electron chi connectivity index (χ2n) is 7.68. The summed E-state index contributed by atoms with van der Waals surface area (Å²) in [5, 5.41) is 12.4. The Balaban J connectivity index is 1.53. The van der Waals surface area contributed by atoms with Gasteiger partial charge in [-0.3, -0.25) is 9.48 Å². The number of para-hydroxylation sites is 1. The normalized spacial score (nSPS) is 11.0. The van der Waals surface area contributed by atoms with Gasteiger partial charge >= 0.3 is 0 Å². The van der Waals surface area contributed by atoms with E-state index in [2.05, 4.69) is 15.6 Å². The van der Waals surface area contributed by atoms with Crippen LogP contribution in [-0.2, 0) is 13.2 Å². The molecule has 1 N–H and O–H groups in total. The Hall–Kier alpha value is -3.36. The summed E-state index contributed by atoms with van der Waals surface area (Å²) in [4.78, 5) is 13.1. The lowest BCUT2D eigenvalue weighted by Crippen LogP contribution is -2.16. The molecule has 0 saturated heterocycles. The summed E-state index contributed by atoms with van der Waals surface area (Å²) >= 11 is 12.3. The van der Waals surface area contributed by atoms with E-state index < -0.39 is 11.7 Å².